The summed E-state index contributed by atoms with van der Waals surface area (Å²) in [6.07, 6.45) is 11.1. The number of hydrogen-bond donors (Lipinski definition) is 1. The molecule has 2 aromatic rings. The highest BCUT2D eigenvalue weighted by atomic mass is 16.5. The van der Waals surface area contributed by atoms with E-state index in [0.29, 0.717) is 12.3 Å². The Bertz CT molecular complexity index is 815. The highest BCUT2D eigenvalue weighted by Crippen LogP contribution is 2.47. The Kier molecular flexibility index (Phi) is 5.10. The molecule has 0 spiro atoms. The van der Waals surface area contributed by atoms with Gasteiger partial charge in [-0.1, -0.05) is 19.8 Å². The van der Waals surface area contributed by atoms with Crippen LogP contribution in [0.25, 0.3) is 11.1 Å². The molecule has 2 aliphatic rings. The molecule has 5 heteroatoms. The van der Waals surface area contributed by atoms with E-state index in [0.717, 1.165) is 35.1 Å². The summed E-state index contributed by atoms with van der Waals surface area (Å²) < 4.78 is 6.03. The number of hydrogen-bond acceptors (Lipinski definition) is 4. The van der Waals surface area contributed by atoms with Gasteiger partial charge in [0.15, 0.2) is 0 Å². The Morgan fingerprint density at radius 2 is 2.00 bits per heavy atom. The molecule has 2 fully saturated rings. The Morgan fingerprint density at radius 3 is 2.74 bits per heavy atom. The molecule has 0 radical (unpaired) electrons. The minimum atomic E-state index is -0.735. The zero-order valence-electron chi connectivity index (χ0n) is 15.7. The number of ether oxygens (including phenoxy) is 1. The van der Waals surface area contributed by atoms with Gasteiger partial charge in [0.05, 0.1) is 18.7 Å². The molecule has 2 aromatic heterocycles. The van der Waals surface area contributed by atoms with Crippen molar-refractivity contribution in [2.75, 3.05) is 6.61 Å². The van der Waals surface area contributed by atoms with Crippen molar-refractivity contribution in [2.24, 2.45) is 17.8 Å². The average molecular weight is 366 g/mol. The molecule has 2 saturated carbocycles. The maximum Gasteiger partial charge on any atom is 0.307 e. The van der Waals surface area contributed by atoms with Crippen LogP contribution >= 0.6 is 0 Å². The summed E-state index contributed by atoms with van der Waals surface area (Å²) in [5.41, 5.74) is 2.82. The molecule has 4 rings (SSSR count). The van der Waals surface area contributed by atoms with Gasteiger partial charge < -0.3 is 9.84 Å². The molecule has 1 N–H and O–H groups in total. The first kappa shape index (κ1) is 18.0. The molecule has 0 bridgehead atoms. The first-order valence-corrected chi connectivity index (χ1v) is 9.87. The lowest BCUT2D eigenvalue weighted by molar-refractivity contribution is -0.138. The van der Waals surface area contributed by atoms with Crippen LogP contribution in [0.4, 0.5) is 0 Å². The lowest BCUT2D eigenvalue weighted by Crippen LogP contribution is -2.18. The molecule has 0 unspecified atom stereocenters. The van der Waals surface area contributed by atoms with Gasteiger partial charge in [0.25, 0.3) is 0 Å². The summed E-state index contributed by atoms with van der Waals surface area (Å²) in [6, 6.07) is 5.93. The van der Waals surface area contributed by atoms with E-state index >= 15 is 0 Å². The van der Waals surface area contributed by atoms with E-state index in [2.05, 4.69) is 16.9 Å². The predicted octanol–water partition coefficient (Wildman–Crippen LogP) is 4.54. The van der Waals surface area contributed by atoms with E-state index in [4.69, 9.17) is 9.84 Å². The zero-order valence-corrected chi connectivity index (χ0v) is 15.7. The number of carbonyl (C=O) groups is 1. The second-order valence-electron chi connectivity index (χ2n) is 8.10. The number of aromatic nitrogens is 2. The smallest absolute Gasteiger partial charge is 0.307 e. The van der Waals surface area contributed by atoms with E-state index in [1.807, 2.05) is 24.4 Å². The fourth-order valence-corrected chi connectivity index (χ4v) is 3.99. The van der Waals surface area contributed by atoms with Crippen molar-refractivity contribution >= 4 is 5.97 Å². The molecule has 2 heterocycles. The monoisotopic (exact) mass is 366 g/mol. The third-order valence-corrected chi connectivity index (χ3v) is 5.94. The van der Waals surface area contributed by atoms with Gasteiger partial charge in [-0.25, -0.2) is 0 Å². The standard InChI is InChI=1S/C22H26N2O3/c1-14-2-4-15(5-3-14)13-27-18-8-17(11-23-12-18)16-6-7-24-21(9-16)19-10-20(19)22(25)26/h6-9,11-12,14-15,19-20H,2-5,10,13H2,1H3,(H,25,26)/t14-,15-,19-,20-/m1/s1. The molecule has 27 heavy (non-hydrogen) atoms. The van der Waals surface area contributed by atoms with Crippen molar-refractivity contribution in [3.05, 3.63) is 42.5 Å². The maximum absolute atomic E-state index is 11.1. The van der Waals surface area contributed by atoms with Gasteiger partial charge in [0.1, 0.15) is 5.75 Å². The fraction of sp³-hybridized carbons (Fsp3) is 0.500. The maximum atomic E-state index is 11.1. The largest absolute Gasteiger partial charge is 0.492 e. The number of carboxylic acids is 1. The Balaban J connectivity index is 1.42. The summed E-state index contributed by atoms with van der Waals surface area (Å²) in [5.74, 6) is 1.28. The van der Waals surface area contributed by atoms with Gasteiger partial charge >= 0.3 is 5.97 Å². The number of aliphatic carboxylic acids is 1. The number of nitrogens with zero attached hydrogens (tertiary/aromatic N) is 2. The topological polar surface area (TPSA) is 72.3 Å². The highest BCUT2D eigenvalue weighted by Gasteiger charge is 2.45. The average Bonchev–Trinajstić information content (AvgIpc) is 3.49. The minimum Gasteiger partial charge on any atom is -0.492 e. The molecule has 2 aliphatic carbocycles. The molecular formula is C22H26N2O3. The minimum absolute atomic E-state index is 0.0311. The number of carboxylic acid groups (broad SMARTS) is 1. The predicted molar refractivity (Wildman–Crippen MR) is 103 cm³/mol. The van der Waals surface area contributed by atoms with Crippen LogP contribution in [0.3, 0.4) is 0 Å². The number of rotatable bonds is 6. The third kappa shape index (κ3) is 4.29. The van der Waals surface area contributed by atoms with Crippen LogP contribution in [0.1, 0.15) is 50.6 Å². The van der Waals surface area contributed by atoms with E-state index in [9.17, 15) is 4.79 Å². The second kappa shape index (κ2) is 7.67. The van der Waals surface area contributed by atoms with Gasteiger partial charge in [0.2, 0.25) is 0 Å². The van der Waals surface area contributed by atoms with Crippen LogP contribution in [-0.4, -0.2) is 27.7 Å². The van der Waals surface area contributed by atoms with Crippen molar-refractivity contribution in [3.8, 4) is 16.9 Å². The normalized spacial score (nSPS) is 27.1. The molecule has 2 atom stereocenters. The molecule has 142 valence electrons. The first-order valence-electron chi connectivity index (χ1n) is 9.87. The third-order valence-electron chi connectivity index (χ3n) is 5.94. The summed E-state index contributed by atoms with van der Waals surface area (Å²) in [6.45, 7) is 3.08. The summed E-state index contributed by atoms with van der Waals surface area (Å²) in [4.78, 5) is 19.8. The van der Waals surface area contributed by atoms with Crippen LogP contribution in [0.2, 0.25) is 0 Å². The molecular weight excluding hydrogens is 340 g/mol. The second-order valence-corrected chi connectivity index (χ2v) is 8.10. The van der Waals surface area contributed by atoms with Crippen LogP contribution in [0.15, 0.2) is 36.8 Å². The Labute approximate surface area is 159 Å². The van der Waals surface area contributed by atoms with Crippen molar-refractivity contribution < 1.29 is 14.6 Å². The Hall–Kier alpha value is -2.43. The van der Waals surface area contributed by atoms with Crippen molar-refractivity contribution in [2.45, 2.75) is 44.9 Å². The quantitative estimate of drug-likeness (QED) is 0.813. The van der Waals surface area contributed by atoms with Crippen molar-refractivity contribution in [3.63, 3.8) is 0 Å². The van der Waals surface area contributed by atoms with E-state index < -0.39 is 5.97 Å². The van der Waals surface area contributed by atoms with Crippen LogP contribution in [0, 0.1) is 17.8 Å². The van der Waals surface area contributed by atoms with E-state index in [1.54, 1.807) is 12.4 Å². The summed E-state index contributed by atoms with van der Waals surface area (Å²) in [7, 11) is 0. The van der Waals surface area contributed by atoms with Crippen LogP contribution in [-0.2, 0) is 4.79 Å². The van der Waals surface area contributed by atoms with Gasteiger partial charge in [0, 0.05) is 29.6 Å². The molecule has 0 amide bonds. The zero-order chi connectivity index (χ0) is 18.8. The molecule has 0 saturated heterocycles. The molecule has 0 aliphatic heterocycles. The van der Waals surface area contributed by atoms with Crippen LogP contribution in [0.5, 0.6) is 5.75 Å². The van der Waals surface area contributed by atoms with Gasteiger partial charge in [-0.15, -0.1) is 0 Å². The molecule has 0 aromatic carbocycles. The molecule has 5 nitrogen and oxygen atoms in total. The van der Waals surface area contributed by atoms with E-state index in [-0.39, 0.29) is 11.8 Å². The SMILES string of the molecule is C[C@H]1CC[C@H](COc2cncc(-c3ccnc([C@@H]4C[C@H]4C(=O)O)c3)c2)CC1. The first-order chi connectivity index (χ1) is 13.1. The van der Waals surface area contributed by atoms with Gasteiger partial charge in [-0.3, -0.25) is 14.8 Å². The van der Waals surface area contributed by atoms with Crippen LogP contribution < -0.4 is 4.74 Å². The Morgan fingerprint density at radius 1 is 1.19 bits per heavy atom. The number of pyridine rings is 2. The highest BCUT2D eigenvalue weighted by molar-refractivity contribution is 5.75. The summed E-state index contributed by atoms with van der Waals surface area (Å²) in [5, 5.41) is 9.13. The summed E-state index contributed by atoms with van der Waals surface area (Å²) >= 11 is 0. The van der Waals surface area contributed by atoms with Gasteiger partial charge in [-0.2, -0.15) is 0 Å². The van der Waals surface area contributed by atoms with Crippen molar-refractivity contribution in [1.29, 1.82) is 0 Å². The lowest BCUT2D eigenvalue weighted by Gasteiger charge is -2.26. The lowest BCUT2D eigenvalue weighted by atomic mass is 9.83. The van der Waals surface area contributed by atoms with E-state index in [1.165, 1.54) is 25.7 Å². The van der Waals surface area contributed by atoms with Gasteiger partial charge in [-0.05, 0) is 54.9 Å². The van der Waals surface area contributed by atoms with Crippen molar-refractivity contribution in [1.82, 2.24) is 9.97 Å². The fourth-order valence-electron chi connectivity index (χ4n) is 3.99.